The molecule has 0 spiro atoms. The minimum Gasteiger partial charge on any atom is -0.489 e. The van der Waals surface area contributed by atoms with E-state index < -0.39 is 4.92 Å². The number of hydrogen-bond acceptors (Lipinski definition) is 5. The molecule has 1 saturated heterocycles. The van der Waals surface area contributed by atoms with Crippen molar-refractivity contribution in [3.63, 3.8) is 0 Å². The van der Waals surface area contributed by atoms with E-state index in [9.17, 15) is 14.9 Å². The highest BCUT2D eigenvalue weighted by Crippen LogP contribution is 2.19. The molecule has 0 atom stereocenters. The van der Waals surface area contributed by atoms with E-state index in [4.69, 9.17) is 4.74 Å². The van der Waals surface area contributed by atoms with Gasteiger partial charge in [-0.15, -0.1) is 0 Å². The van der Waals surface area contributed by atoms with Crippen molar-refractivity contribution in [3.8, 4) is 5.75 Å². The number of piperazine rings is 1. The van der Waals surface area contributed by atoms with Crippen LogP contribution in [-0.2, 0) is 13.2 Å². The molecular formula is C26H27N3O4. The topological polar surface area (TPSA) is 75.9 Å². The highest BCUT2D eigenvalue weighted by atomic mass is 16.6. The molecule has 7 nitrogen and oxygen atoms in total. The molecule has 0 N–H and O–H groups in total. The normalized spacial score (nSPS) is 14.2. The molecule has 170 valence electrons. The number of nitro groups is 1. The molecule has 3 aromatic carbocycles. The van der Waals surface area contributed by atoms with E-state index >= 15 is 0 Å². The highest BCUT2D eigenvalue weighted by Gasteiger charge is 2.22. The summed E-state index contributed by atoms with van der Waals surface area (Å²) in [7, 11) is 0. The molecule has 4 rings (SSSR count). The quantitative estimate of drug-likeness (QED) is 0.397. The maximum absolute atomic E-state index is 13.0. The monoisotopic (exact) mass is 445 g/mol. The van der Waals surface area contributed by atoms with Crippen molar-refractivity contribution in [1.82, 2.24) is 9.80 Å². The standard InChI is InChI=1S/C26H27N3O4/c1-20-5-7-21(8-6-20)18-27-13-15-28(16-14-27)26(30)23-4-2-3-22(17-23)19-33-25-11-9-24(10-12-25)29(31)32/h2-12,17H,13-16,18-19H2,1H3. The number of non-ortho nitro benzene ring substituents is 1. The van der Waals surface area contributed by atoms with Gasteiger partial charge in [-0.1, -0.05) is 42.0 Å². The molecule has 1 heterocycles. The second-order valence-corrected chi connectivity index (χ2v) is 8.29. The van der Waals surface area contributed by atoms with Gasteiger partial charge in [0.05, 0.1) is 4.92 Å². The zero-order chi connectivity index (χ0) is 23.2. The van der Waals surface area contributed by atoms with Gasteiger partial charge in [0, 0.05) is 50.4 Å². The molecule has 0 saturated carbocycles. The van der Waals surface area contributed by atoms with Crippen LogP contribution in [0.2, 0.25) is 0 Å². The first-order valence-corrected chi connectivity index (χ1v) is 11.0. The number of nitrogens with zero attached hydrogens (tertiary/aromatic N) is 3. The molecule has 1 fully saturated rings. The van der Waals surface area contributed by atoms with Gasteiger partial charge < -0.3 is 9.64 Å². The van der Waals surface area contributed by atoms with Crippen LogP contribution in [0.4, 0.5) is 5.69 Å². The lowest BCUT2D eigenvalue weighted by molar-refractivity contribution is -0.384. The fourth-order valence-corrected chi connectivity index (χ4v) is 3.87. The third-order valence-corrected chi connectivity index (χ3v) is 5.81. The van der Waals surface area contributed by atoms with Crippen LogP contribution in [0.25, 0.3) is 0 Å². The number of carbonyl (C=O) groups excluding carboxylic acids is 1. The van der Waals surface area contributed by atoms with E-state index in [0.717, 1.165) is 25.2 Å². The number of aryl methyl sites for hydroxylation is 1. The van der Waals surface area contributed by atoms with Crippen LogP contribution >= 0.6 is 0 Å². The maximum Gasteiger partial charge on any atom is 0.269 e. The van der Waals surface area contributed by atoms with Crippen molar-refractivity contribution in [2.75, 3.05) is 26.2 Å². The molecule has 0 radical (unpaired) electrons. The second kappa shape index (κ2) is 10.3. The zero-order valence-electron chi connectivity index (χ0n) is 18.6. The van der Waals surface area contributed by atoms with Gasteiger partial charge in [-0.3, -0.25) is 19.8 Å². The summed E-state index contributed by atoms with van der Waals surface area (Å²) in [6.45, 7) is 6.37. The summed E-state index contributed by atoms with van der Waals surface area (Å²) in [5, 5.41) is 10.8. The summed E-state index contributed by atoms with van der Waals surface area (Å²) in [6.07, 6.45) is 0. The Kier molecular flexibility index (Phi) is 7.00. The van der Waals surface area contributed by atoms with Crippen molar-refractivity contribution >= 4 is 11.6 Å². The first kappa shape index (κ1) is 22.5. The van der Waals surface area contributed by atoms with Gasteiger partial charge in [-0.25, -0.2) is 0 Å². The summed E-state index contributed by atoms with van der Waals surface area (Å²) in [5.41, 5.74) is 4.09. The van der Waals surface area contributed by atoms with Crippen LogP contribution in [0.5, 0.6) is 5.75 Å². The van der Waals surface area contributed by atoms with Gasteiger partial charge in [0.2, 0.25) is 0 Å². The fourth-order valence-electron chi connectivity index (χ4n) is 3.87. The molecule has 0 aliphatic carbocycles. The number of rotatable bonds is 7. The van der Waals surface area contributed by atoms with Crippen molar-refractivity contribution in [3.05, 3.63) is 105 Å². The molecule has 0 aromatic heterocycles. The highest BCUT2D eigenvalue weighted by molar-refractivity contribution is 5.94. The van der Waals surface area contributed by atoms with Crippen molar-refractivity contribution in [2.45, 2.75) is 20.1 Å². The Balaban J connectivity index is 1.30. The Bertz CT molecular complexity index is 1110. The number of nitro benzene ring substituents is 1. The summed E-state index contributed by atoms with van der Waals surface area (Å²) in [6, 6.07) is 22.0. The minimum atomic E-state index is -0.443. The van der Waals surface area contributed by atoms with E-state index in [-0.39, 0.29) is 18.2 Å². The lowest BCUT2D eigenvalue weighted by Gasteiger charge is -2.35. The molecular weight excluding hydrogens is 418 g/mol. The Morgan fingerprint density at radius 1 is 0.939 bits per heavy atom. The third kappa shape index (κ3) is 5.96. The summed E-state index contributed by atoms with van der Waals surface area (Å²) < 4.78 is 5.73. The predicted molar refractivity (Wildman–Crippen MR) is 126 cm³/mol. The molecule has 1 aliphatic rings. The molecule has 0 unspecified atom stereocenters. The smallest absolute Gasteiger partial charge is 0.269 e. The van der Waals surface area contributed by atoms with Crippen LogP contribution in [0.15, 0.2) is 72.8 Å². The van der Waals surface area contributed by atoms with E-state index in [2.05, 4.69) is 36.1 Å². The van der Waals surface area contributed by atoms with E-state index in [1.807, 2.05) is 29.2 Å². The Morgan fingerprint density at radius 3 is 2.30 bits per heavy atom. The Hall–Kier alpha value is -3.71. The van der Waals surface area contributed by atoms with Gasteiger partial charge in [0.1, 0.15) is 12.4 Å². The van der Waals surface area contributed by atoms with E-state index in [1.165, 1.54) is 23.3 Å². The SMILES string of the molecule is Cc1ccc(CN2CCN(C(=O)c3cccc(COc4ccc([N+](=O)[O-])cc4)c3)CC2)cc1. The van der Waals surface area contributed by atoms with E-state index in [1.54, 1.807) is 12.1 Å². The maximum atomic E-state index is 13.0. The Morgan fingerprint density at radius 2 is 1.64 bits per heavy atom. The van der Waals surface area contributed by atoms with Gasteiger partial charge in [0.25, 0.3) is 11.6 Å². The minimum absolute atomic E-state index is 0.0221. The average Bonchev–Trinajstić information content (AvgIpc) is 2.84. The largest absolute Gasteiger partial charge is 0.489 e. The first-order valence-electron chi connectivity index (χ1n) is 11.0. The van der Waals surface area contributed by atoms with Gasteiger partial charge in [0.15, 0.2) is 0 Å². The molecule has 33 heavy (non-hydrogen) atoms. The van der Waals surface area contributed by atoms with Crippen LogP contribution in [0, 0.1) is 17.0 Å². The fraction of sp³-hybridized carbons (Fsp3) is 0.269. The molecule has 0 bridgehead atoms. The molecule has 7 heteroatoms. The van der Waals surface area contributed by atoms with Gasteiger partial charge in [-0.05, 0) is 42.3 Å². The zero-order valence-corrected chi connectivity index (χ0v) is 18.6. The number of ether oxygens (including phenoxy) is 1. The van der Waals surface area contributed by atoms with Crippen LogP contribution in [0.3, 0.4) is 0 Å². The third-order valence-electron chi connectivity index (χ3n) is 5.81. The lowest BCUT2D eigenvalue weighted by atomic mass is 10.1. The lowest BCUT2D eigenvalue weighted by Crippen LogP contribution is -2.48. The molecule has 1 amide bonds. The van der Waals surface area contributed by atoms with Gasteiger partial charge >= 0.3 is 0 Å². The molecule has 1 aliphatic heterocycles. The summed E-state index contributed by atoms with van der Waals surface area (Å²) in [5.74, 6) is 0.573. The number of carbonyl (C=O) groups is 1. The first-order chi connectivity index (χ1) is 16.0. The van der Waals surface area contributed by atoms with E-state index in [0.29, 0.717) is 24.4 Å². The van der Waals surface area contributed by atoms with Crippen molar-refractivity contribution < 1.29 is 14.5 Å². The summed E-state index contributed by atoms with van der Waals surface area (Å²) in [4.78, 5) is 27.6. The number of benzene rings is 3. The predicted octanol–water partition coefficient (Wildman–Crippen LogP) is 4.44. The van der Waals surface area contributed by atoms with Crippen LogP contribution in [0.1, 0.15) is 27.0 Å². The number of hydrogen-bond donors (Lipinski definition) is 0. The van der Waals surface area contributed by atoms with Crippen molar-refractivity contribution in [2.24, 2.45) is 0 Å². The average molecular weight is 446 g/mol. The second-order valence-electron chi connectivity index (χ2n) is 8.29. The van der Waals surface area contributed by atoms with Gasteiger partial charge in [-0.2, -0.15) is 0 Å². The Labute approximate surface area is 193 Å². The van der Waals surface area contributed by atoms with Crippen molar-refractivity contribution in [1.29, 1.82) is 0 Å². The molecule has 3 aromatic rings. The van der Waals surface area contributed by atoms with Crippen LogP contribution < -0.4 is 4.74 Å². The summed E-state index contributed by atoms with van der Waals surface area (Å²) >= 11 is 0. The van der Waals surface area contributed by atoms with Crippen LogP contribution in [-0.4, -0.2) is 46.8 Å². The number of amides is 1.